The van der Waals surface area contributed by atoms with Crippen molar-refractivity contribution in [2.24, 2.45) is 0 Å². The van der Waals surface area contributed by atoms with Crippen LogP contribution in [0.5, 0.6) is 0 Å². The molecule has 0 aliphatic rings. The molecule has 0 heterocycles. The summed E-state index contributed by atoms with van der Waals surface area (Å²) in [5.74, 6) is 1.03. The van der Waals surface area contributed by atoms with Crippen molar-refractivity contribution in [3.8, 4) is 0 Å². The maximum Gasteiger partial charge on any atom is 0.331 e. The Hall–Kier alpha value is -1.04. The summed E-state index contributed by atoms with van der Waals surface area (Å²) in [5, 5.41) is 0. The first-order valence-electron chi connectivity index (χ1n) is 25.5. The average molecular weight is 1040 g/mol. The molecule has 0 saturated heterocycles. The van der Waals surface area contributed by atoms with Gasteiger partial charge in [-0.25, -0.2) is 0 Å². The first kappa shape index (κ1) is 65.0. The maximum atomic E-state index is 12.9. The maximum absolute atomic E-state index is 12.9. The second-order valence-electron chi connectivity index (χ2n) is 16.9. The summed E-state index contributed by atoms with van der Waals surface area (Å²) in [4.78, 5) is 4.34. The van der Waals surface area contributed by atoms with Gasteiger partial charge in [0.2, 0.25) is 14.7 Å². The monoisotopic (exact) mass is 1040 g/mol. The summed E-state index contributed by atoms with van der Waals surface area (Å²) in [7, 11) is -11.5. The number of nitrogens with zero attached hydrogens (tertiary/aromatic N) is 2. The fraction of sp³-hybridized carbons (Fsp3) is 0.760. The predicted molar refractivity (Wildman–Crippen MR) is 283 cm³/mol. The van der Waals surface area contributed by atoms with Crippen LogP contribution >= 0.6 is 29.9 Å². The Balaban J connectivity index is 0.000000680. The first-order chi connectivity index (χ1) is 32.6. The molecule has 0 spiro atoms. The Morgan fingerprint density at radius 2 is 0.721 bits per heavy atom. The minimum atomic E-state index is -3.12. The van der Waals surface area contributed by atoms with Crippen LogP contribution in [0.15, 0.2) is 60.7 Å². The van der Waals surface area contributed by atoms with Gasteiger partial charge in [0.15, 0.2) is 0 Å². The van der Waals surface area contributed by atoms with E-state index >= 15 is 0 Å². The number of ether oxygens (including phenoxy) is 2. The molecular weight excluding hydrogens is 944 g/mol. The van der Waals surface area contributed by atoms with Crippen LogP contribution in [-0.4, -0.2) is 153 Å². The summed E-state index contributed by atoms with van der Waals surface area (Å²) in [6, 6.07) is 21.2. The summed E-state index contributed by atoms with van der Waals surface area (Å²) in [5.41, 5.74) is 2.73. The van der Waals surface area contributed by atoms with E-state index in [-0.39, 0.29) is 0 Å². The zero-order chi connectivity index (χ0) is 50.6. The highest BCUT2D eigenvalue weighted by atomic mass is 31.2. The minimum absolute atomic E-state index is 0.313. The van der Waals surface area contributed by atoms with Crippen molar-refractivity contribution in [2.45, 2.75) is 106 Å². The van der Waals surface area contributed by atoms with E-state index < -0.39 is 29.9 Å². The Morgan fingerprint density at radius 1 is 0.412 bits per heavy atom. The molecule has 14 nitrogen and oxygen atoms in total. The molecule has 68 heavy (non-hydrogen) atoms. The summed E-state index contributed by atoms with van der Waals surface area (Å²) >= 11 is 0. The highest BCUT2D eigenvalue weighted by molar-refractivity contribution is 7.58. The molecule has 0 N–H and O–H groups in total. The fourth-order valence-corrected chi connectivity index (χ4v) is 13.7. The van der Waals surface area contributed by atoms with E-state index in [1.165, 1.54) is 11.1 Å². The van der Waals surface area contributed by atoms with Gasteiger partial charge in [0.1, 0.15) is 0 Å². The molecule has 2 rings (SSSR count). The quantitative estimate of drug-likeness (QED) is 0.0458. The molecule has 4 atom stereocenters. The van der Waals surface area contributed by atoms with Gasteiger partial charge >= 0.3 is 15.2 Å². The van der Waals surface area contributed by atoms with Crippen LogP contribution in [0, 0.1) is 0 Å². The predicted octanol–water partition coefficient (Wildman–Crippen LogP) is 13.0. The molecular formula is C50H94N2O12P4. The molecule has 2 aromatic rings. The largest absolute Gasteiger partial charge is 0.381 e. The zero-order valence-corrected chi connectivity index (χ0v) is 47.5. The molecule has 0 aliphatic heterocycles. The molecule has 0 fully saturated rings. The molecule has 0 saturated carbocycles. The molecule has 0 bridgehead atoms. The molecule has 4 unspecified atom stereocenters. The van der Waals surface area contributed by atoms with Crippen molar-refractivity contribution in [3.05, 3.63) is 71.8 Å². The van der Waals surface area contributed by atoms with Gasteiger partial charge in [-0.05, 0) is 103 Å². The molecule has 2 aromatic carbocycles. The smallest absolute Gasteiger partial charge is 0.331 e. The fourth-order valence-electron chi connectivity index (χ4n) is 7.74. The lowest BCUT2D eigenvalue weighted by Crippen LogP contribution is -2.32. The third kappa shape index (κ3) is 30.8. The van der Waals surface area contributed by atoms with Crippen LogP contribution in [0.3, 0.4) is 0 Å². The lowest BCUT2D eigenvalue weighted by atomic mass is 9.94. The van der Waals surface area contributed by atoms with Gasteiger partial charge in [-0.2, -0.15) is 0 Å². The van der Waals surface area contributed by atoms with Crippen LogP contribution < -0.4 is 0 Å². The number of benzene rings is 2. The van der Waals surface area contributed by atoms with E-state index in [9.17, 15) is 18.3 Å². The van der Waals surface area contributed by atoms with Crippen molar-refractivity contribution in [1.29, 1.82) is 0 Å². The Kier molecular flexibility index (Phi) is 36.8. The van der Waals surface area contributed by atoms with Gasteiger partial charge in [0, 0.05) is 91.3 Å². The van der Waals surface area contributed by atoms with Gasteiger partial charge in [-0.1, -0.05) is 74.5 Å². The lowest BCUT2D eigenvalue weighted by Gasteiger charge is -2.26. The van der Waals surface area contributed by atoms with Crippen LogP contribution in [0.4, 0.5) is 0 Å². The van der Waals surface area contributed by atoms with Gasteiger partial charge in [-0.3, -0.25) is 18.3 Å². The Morgan fingerprint density at radius 3 is 1.01 bits per heavy atom. The van der Waals surface area contributed by atoms with Crippen molar-refractivity contribution in [1.82, 2.24) is 9.80 Å². The standard InChI is InChI=1S/2C25H47NO6P2/c2*1-6-24(25-14-11-10-12-15-25)16-21-29-20-13-17-26(18-22-33(5,27)30-7-2)19-23-34(28,31-8-3)32-9-4/h2*10-12,14-15,24H,6-9,13,16-23H2,1-5H3. The normalized spacial score (nSPS) is 14.9. The van der Waals surface area contributed by atoms with Crippen molar-refractivity contribution in [3.63, 3.8) is 0 Å². The summed E-state index contributed by atoms with van der Waals surface area (Å²) in [6.45, 7) is 27.7. The van der Waals surface area contributed by atoms with Crippen molar-refractivity contribution >= 4 is 29.9 Å². The van der Waals surface area contributed by atoms with Gasteiger partial charge < -0.3 is 46.4 Å². The molecule has 0 aromatic heterocycles. The SMILES string of the molecule is CCOP(C)(=O)CCN(CCCOCCC(CC)c1ccccc1)CCP(=O)(OCC)OCC.CCOP(C)(=O)CCN(CCCOCCC(CC)c1ccccc1)CCP(=O)(OCC)OCC. The molecule has 0 amide bonds. The van der Waals surface area contributed by atoms with Crippen molar-refractivity contribution < 1.29 is 54.9 Å². The van der Waals surface area contributed by atoms with E-state index in [2.05, 4.69) is 72.2 Å². The second kappa shape index (κ2) is 38.6. The number of hydrogen-bond acceptors (Lipinski definition) is 14. The van der Waals surface area contributed by atoms with Crippen LogP contribution in [-0.2, 0) is 54.9 Å². The highest BCUT2D eigenvalue weighted by Crippen LogP contribution is 2.49. The van der Waals surface area contributed by atoms with E-state index in [0.717, 1.165) is 64.8 Å². The van der Waals surface area contributed by atoms with Crippen LogP contribution in [0.2, 0.25) is 0 Å². The lowest BCUT2D eigenvalue weighted by molar-refractivity contribution is 0.115. The Labute approximate surface area is 413 Å². The van der Waals surface area contributed by atoms with Crippen LogP contribution in [0.25, 0.3) is 0 Å². The molecule has 18 heteroatoms. The van der Waals surface area contributed by atoms with Crippen molar-refractivity contribution in [2.75, 3.05) is 143 Å². The highest BCUT2D eigenvalue weighted by Gasteiger charge is 2.27. The van der Waals surface area contributed by atoms with Crippen LogP contribution in [0.1, 0.15) is 117 Å². The van der Waals surface area contributed by atoms with Gasteiger partial charge in [-0.15, -0.1) is 0 Å². The van der Waals surface area contributed by atoms with E-state index in [4.69, 9.17) is 36.6 Å². The third-order valence-corrected chi connectivity index (χ3v) is 19.1. The summed E-state index contributed by atoms with van der Waals surface area (Å²) < 4.78 is 95.3. The first-order valence-corrected chi connectivity index (χ1v) is 33.4. The summed E-state index contributed by atoms with van der Waals surface area (Å²) in [6.07, 6.45) is 7.44. The molecule has 396 valence electrons. The van der Waals surface area contributed by atoms with Gasteiger partial charge in [0.25, 0.3) is 0 Å². The average Bonchev–Trinajstić information content (AvgIpc) is 3.31. The third-order valence-electron chi connectivity index (χ3n) is 11.4. The van der Waals surface area contributed by atoms with Gasteiger partial charge in [0.05, 0.1) is 52.0 Å². The van der Waals surface area contributed by atoms with E-state index in [0.29, 0.717) is 116 Å². The van der Waals surface area contributed by atoms with E-state index in [1.807, 2.05) is 53.7 Å². The number of hydrogen-bond donors (Lipinski definition) is 0. The zero-order valence-electron chi connectivity index (χ0n) is 43.9. The second-order valence-corrected chi connectivity index (χ2v) is 26.7. The Bertz CT molecular complexity index is 1570. The number of rotatable bonds is 42. The molecule has 0 aliphatic carbocycles. The minimum Gasteiger partial charge on any atom is -0.381 e. The topological polar surface area (TPSA) is 149 Å². The van der Waals surface area contributed by atoms with E-state index in [1.54, 1.807) is 13.3 Å². The molecule has 0 radical (unpaired) electrons.